The van der Waals surface area contributed by atoms with E-state index in [-0.39, 0.29) is 18.2 Å². The van der Waals surface area contributed by atoms with Crippen LogP contribution in [0.15, 0.2) is 54.6 Å². The zero-order valence-corrected chi connectivity index (χ0v) is 19.9. The van der Waals surface area contributed by atoms with Crippen LogP contribution in [0, 0.1) is 5.92 Å². The van der Waals surface area contributed by atoms with Crippen LogP contribution < -0.4 is 16.4 Å². The number of benzene rings is 2. The highest BCUT2D eigenvalue weighted by Gasteiger charge is 2.25. The van der Waals surface area contributed by atoms with Crippen molar-refractivity contribution in [2.45, 2.75) is 58.5 Å². The Bertz CT molecular complexity index is 960. The van der Waals surface area contributed by atoms with E-state index in [9.17, 15) is 14.4 Å². The molecule has 6 nitrogen and oxygen atoms in total. The van der Waals surface area contributed by atoms with Crippen molar-refractivity contribution in [1.29, 1.82) is 0 Å². The normalized spacial score (nSPS) is 13.3. The second-order valence-corrected chi connectivity index (χ2v) is 9.39. The number of hydrogen-bond donors (Lipinski definition) is 3. The maximum atomic E-state index is 12.9. The van der Waals surface area contributed by atoms with Crippen molar-refractivity contribution in [3.05, 3.63) is 71.3 Å². The number of rotatable bonds is 10. The quantitative estimate of drug-likeness (QED) is 0.482. The molecule has 2 unspecified atom stereocenters. The average molecular weight is 450 g/mol. The van der Waals surface area contributed by atoms with E-state index in [1.165, 1.54) is 0 Å². The van der Waals surface area contributed by atoms with Crippen LogP contribution in [0.25, 0.3) is 12.2 Å². The van der Waals surface area contributed by atoms with Gasteiger partial charge in [0, 0.05) is 24.3 Å². The molecule has 0 saturated heterocycles. The SMILES string of the molecule is CC(CCC(=O)NC(Cc1ccc(C=Cc2ccccc2)cc1)C(=O)NC(C)(C)C)C(N)=O. The number of carbonyl (C=O) groups excluding carboxylic acids is 3. The van der Waals surface area contributed by atoms with Gasteiger partial charge in [-0.05, 0) is 43.9 Å². The summed E-state index contributed by atoms with van der Waals surface area (Å²) in [6.07, 6.45) is 4.91. The Morgan fingerprint density at radius 1 is 0.939 bits per heavy atom. The van der Waals surface area contributed by atoms with E-state index in [0.717, 1.165) is 16.7 Å². The van der Waals surface area contributed by atoms with Gasteiger partial charge in [-0.1, -0.05) is 73.7 Å². The Balaban J connectivity index is 2.06. The summed E-state index contributed by atoms with van der Waals surface area (Å²) < 4.78 is 0. The first-order valence-corrected chi connectivity index (χ1v) is 11.3. The molecule has 4 N–H and O–H groups in total. The smallest absolute Gasteiger partial charge is 0.243 e. The predicted molar refractivity (Wildman–Crippen MR) is 133 cm³/mol. The molecule has 2 aromatic rings. The summed E-state index contributed by atoms with van der Waals surface area (Å²) in [7, 11) is 0. The number of carbonyl (C=O) groups is 3. The van der Waals surface area contributed by atoms with Crippen molar-refractivity contribution in [2.75, 3.05) is 0 Å². The van der Waals surface area contributed by atoms with E-state index >= 15 is 0 Å². The fourth-order valence-electron chi connectivity index (χ4n) is 3.18. The second-order valence-electron chi connectivity index (χ2n) is 9.39. The summed E-state index contributed by atoms with van der Waals surface area (Å²) in [5.41, 5.74) is 7.95. The third kappa shape index (κ3) is 9.73. The molecule has 2 aromatic carbocycles. The van der Waals surface area contributed by atoms with Crippen molar-refractivity contribution in [3.8, 4) is 0 Å². The van der Waals surface area contributed by atoms with Crippen molar-refractivity contribution in [1.82, 2.24) is 10.6 Å². The van der Waals surface area contributed by atoms with E-state index in [1.807, 2.05) is 87.5 Å². The maximum absolute atomic E-state index is 12.9. The molecule has 0 aliphatic carbocycles. The molecular weight excluding hydrogens is 414 g/mol. The van der Waals surface area contributed by atoms with Gasteiger partial charge in [0.15, 0.2) is 0 Å². The molecule has 176 valence electrons. The fraction of sp³-hybridized carbons (Fsp3) is 0.370. The minimum absolute atomic E-state index is 0.132. The first-order chi connectivity index (χ1) is 15.5. The molecule has 33 heavy (non-hydrogen) atoms. The van der Waals surface area contributed by atoms with Gasteiger partial charge in [0.05, 0.1) is 0 Å². The Morgan fingerprint density at radius 3 is 2.06 bits per heavy atom. The molecule has 0 fully saturated rings. The minimum Gasteiger partial charge on any atom is -0.369 e. The largest absolute Gasteiger partial charge is 0.369 e. The molecule has 6 heteroatoms. The van der Waals surface area contributed by atoms with Gasteiger partial charge in [-0.2, -0.15) is 0 Å². The van der Waals surface area contributed by atoms with Crippen molar-refractivity contribution in [3.63, 3.8) is 0 Å². The van der Waals surface area contributed by atoms with Gasteiger partial charge >= 0.3 is 0 Å². The van der Waals surface area contributed by atoms with E-state index in [4.69, 9.17) is 5.73 Å². The van der Waals surface area contributed by atoms with Crippen LogP contribution in [0.3, 0.4) is 0 Å². The fourth-order valence-corrected chi connectivity index (χ4v) is 3.18. The van der Waals surface area contributed by atoms with E-state index < -0.39 is 23.4 Å². The average Bonchev–Trinajstić information content (AvgIpc) is 2.76. The van der Waals surface area contributed by atoms with Crippen LogP contribution in [0.5, 0.6) is 0 Å². The first-order valence-electron chi connectivity index (χ1n) is 11.3. The van der Waals surface area contributed by atoms with Gasteiger partial charge < -0.3 is 16.4 Å². The molecule has 0 bridgehead atoms. The van der Waals surface area contributed by atoms with Crippen LogP contribution in [0.2, 0.25) is 0 Å². The molecule has 0 aromatic heterocycles. The highest BCUT2D eigenvalue weighted by molar-refractivity contribution is 5.88. The molecular formula is C27H35N3O3. The topological polar surface area (TPSA) is 101 Å². The molecule has 0 saturated carbocycles. The standard InChI is InChI=1S/C27H35N3O3/c1-19(25(28)32)10-17-24(31)29-23(26(33)30-27(2,3)4)18-22-15-13-21(14-16-22)12-11-20-8-6-5-7-9-20/h5-9,11-16,19,23H,10,17-18H2,1-4H3,(H2,28,32)(H,29,31)(H,30,33). The zero-order valence-electron chi connectivity index (χ0n) is 19.9. The molecule has 0 spiro atoms. The lowest BCUT2D eigenvalue weighted by atomic mass is 10.0. The second kappa shape index (κ2) is 12.0. The molecule has 2 atom stereocenters. The molecule has 0 heterocycles. The van der Waals surface area contributed by atoms with E-state index in [1.54, 1.807) is 6.92 Å². The van der Waals surface area contributed by atoms with Gasteiger partial charge in [0.1, 0.15) is 6.04 Å². The van der Waals surface area contributed by atoms with Crippen molar-refractivity contribution >= 4 is 29.9 Å². The van der Waals surface area contributed by atoms with Gasteiger partial charge in [0.25, 0.3) is 0 Å². The molecule has 2 rings (SSSR count). The number of nitrogens with one attached hydrogen (secondary N) is 2. The summed E-state index contributed by atoms with van der Waals surface area (Å²) in [5, 5.41) is 5.77. The van der Waals surface area contributed by atoms with Gasteiger partial charge in [-0.3, -0.25) is 14.4 Å². The van der Waals surface area contributed by atoms with E-state index in [2.05, 4.69) is 10.6 Å². The molecule has 0 aliphatic rings. The Labute approximate surface area is 196 Å². The third-order valence-electron chi connectivity index (χ3n) is 5.13. The monoisotopic (exact) mass is 449 g/mol. The maximum Gasteiger partial charge on any atom is 0.243 e. The molecule has 0 radical (unpaired) electrons. The van der Waals surface area contributed by atoms with Crippen LogP contribution in [-0.4, -0.2) is 29.3 Å². The summed E-state index contributed by atoms with van der Waals surface area (Å²) in [4.78, 5) is 36.5. The summed E-state index contributed by atoms with van der Waals surface area (Å²) in [5.74, 6) is -1.35. The van der Waals surface area contributed by atoms with Crippen LogP contribution in [-0.2, 0) is 20.8 Å². The van der Waals surface area contributed by atoms with Crippen molar-refractivity contribution in [2.24, 2.45) is 11.7 Å². The van der Waals surface area contributed by atoms with Crippen LogP contribution >= 0.6 is 0 Å². The lowest BCUT2D eigenvalue weighted by Gasteiger charge is -2.26. The number of nitrogens with two attached hydrogens (primary N) is 1. The Kier molecular flexibility index (Phi) is 9.40. The van der Waals surface area contributed by atoms with Crippen LogP contribution in [0.4, 0.5) is 0 Å². The van der Waals surface area contributed by atoms with Crippen LogP contribution in [0.1, 0.15) is 57.2 Å². The molecule has 0 aliphatic heterocycles. The van der Waals surface area contributed by atoms with Gasteiger partial charge in [-0.25, -0.2) is 0 Å². The third-order valence-corrected chi connectivity index (χ3v) is 5.13. The predicted octanol–water partition coefficient (Wildman–Crippen LogP) is 3.70. The van der Waals surface area contributed by atoms with Crippen molar-refractivity contribution < 1.29 is 14.4 Å². The van der Waals surface area contributed by atoms with E-state index in [0.29, 0.717) is 12.8 Å². The zero-order chi connectivity index (χ0) is 24.4. The van der Waals surface area contributed by atoms with Gasteiger partial charge in [-0.15, -0.1) is 0 Å². The van der Waals surface area contributed by atoms with Gasteiger partial charge in [0.2, 0.25) is 17.7 Å². The summed E-state index contributed by atoms with van der Waals surface area (Å²) in [6, 6.07) is 17.2. The summed E-state index contributed by atoms with van der Waals surface area (Å²) >= 11 is 0. The number of primary amides is 1. The highest BCUT2D eigenvalue weighted by atomic mass is 16.2. The molecule has 3 amide bonds. The minimum atomic E-state index is -0.716. The lowest BCUT2D eigenvalue weighted by Crippen LogP contribution is -2.53. The summed E-state index contributed by atoms with van der Waals surface area (Å²) in [6.45, 7) is 7.37. The number of hydrogen-bond acceptors (Lipinski definition) is 3. The number of amides is 3. The first kappa shape index (κ1) is 25.8. The Morgan fingerprint density at radius 2 is 1.52 bits per heavy atom. The lowest BCUT2D eigenvalue weighted by molar-refractivity contribution is -0.130. The highest BCUT2D eigenvalue weighted by Crippen LogP contribution is 2.13. The Hall–Kier alpha value is -3.41.